The summed E-state index contributed by atoms with van der Waals surface area (Å²) in [6.45, 7) is 5.76. The van der Waals surface area contributed by atoms with Crippen molar-refractivity contribution in [2.45, 2.75) is 31.7 Å². The third-order valence-corrected chi connectivity index (χ3v) is 6.57. The Kier molecular flexibility index (Phi) is 4.99. The summed E-state index contributed by atoms with van der Waals surface area (Å²) in [5, 5.41) is 0.999. The fraction of sp³-hybridized carbons (Fsp3) is 0.591. The van der Waals surface area contributed by atoms with E-state index in [9.17, 15) is 4.79 Å². The van der Waals surface area contributed by atoms with Crippen LogP contribution >= 0.6 is 0 Å². The largest absolute Gasteiger partial charge is 0.477 e. The number of hydrogen-bond acceptors (Lipinski definition) is 6. The van der Waals surface area contributed by atoms with E-state index in [0.717, 1.165) is 56.7 Å². The summed E-state index contributed by atoms with van der Waals surface area (Å²) in [5.41, 5.74) is 2.14. The maximum Gasteiger partial charge on any atom is 0.224 e. The summed E-state index contributed by atoms with van der Waals surface area (Å²) in [5.74, 6) is 1.69. The van der Waals surface area contributed by atoms with Gasteiger partial charge in [-0.3, -0.25) is 9.69 Å². The van der Waals surface area contributed by atoms with Crippen LogP contribution in [0.15, 0.2) is 24.5 Å². The fourth-order valence-corrected chi connectivity index (χ4v) is 4.38. The van der Waals surface area contributed by atoms with Gasteiger partial charge in [0.05, 0.1) is 17.5 Å². The average molecular weight is 396 g/mol. The highest BCUT2D eigenvalue weighted by Crippen LogP contribution is 2.32. The van der Waals surface area contributed by atoms with Crippen LogP contribution in [0.2, 0.25) is 0 Å². The lowest BCUT2D eigenvalue weighted by molar-refractivity contribution is -0.127. The van der Waals surface area contributed by atoms with Gasteiger partial charge in [0.25, 0.3) is 0 Å². The Morgan fingerprint density at radius 2 is 1.93 bits per heavy atom. The molecule has 1 atom stereocenters. The maximum atomic E-state index is 11.8. The van der Waals surface area contributed by atoms with Crippen LogP contribution in [0.4, 0.5) is 5.69 Å². The Hall–Kier alpha value is -2.41. The van der Waals surface area contributed by atoms with Crippen molar-refractivity contribution >= 4 is 22.5 Å². The van der Waals surface area contributed by atoms with Crippen molar-refractivity contribution in [3.8, 4) is 5.88 Å². The molecule has 2 aromatic rings. The molecule has 1 aromatic heterocycles. The molecule has 3 aliphatic rings. The van der Waals surface area contributed by atoms with Crippen LogP contribution in [-0.2, 0) is 4.79 Å². The fourth-order valence-electron chi connectivity index (χ4n) is 4.38. The van der Waals surface area contributed by atoms with Gasteiger partial charge in [-0.1, -0.05) is 0 Å². The van der Waals surface area contributed by atoms with E-state index in [0.29, 0.717) is 24.3 Å². The molecule has 5 rings (SSSR count). The molecule has 1 unspecified atom stereocenters. The molecule has 1 amide bonds. The number of carbonyl (C=O) groups excluding carboxylic acids is 1. The molecule has 0 bridgehead atoms. The molecular formula is C22H29N5O2. The van der Waals surface area contributed by atoms with Crippen LogP contribution in [0.5, 0.6) is 5.88 Å². The molecule has 3 heterocycles. The Balaban J connectivity index is 1.24. The van der Waals surface area contributed by atoms with E-state index in [1.807, 2.05) is 11.9 Å². The van der Waals surface area contributed by atoms with Gasteiger partial charge in [0.1, 0.15) is 6.33 Å². The van der Waals surface area contributed by atoms with E-state index in [4.69, 9.17) is 4.74 Å². The Bertz CT molecular complexity index is 892. The second-order valence-corrected chi connectivity index (χ2v) is 8.62. The molecule has 7 heteroatoms. The summed E-state index contributed by atoms with van der Waals surface area (Å²) in [4.78, 5) is 27.4. The number of carbonyl (C=O) groups is 1. The van der Waals surface area contributed by atoms with E-state index < -0.39 is 0 Å². The van der Waals surface area contributed by atoms with Gasteiger partial charge < -0.3 is 14.5 Å². The van der Waals surface area contributed by atoms with Crippen molar-refractivity contribution in [3.63, 3.8) is 0 Å². The highest BCUT2D eigenvalue weighted by atomic mass is 16.5. The maximum absolute atomic E-state index is 11.8. The summed E-state index contributed by atoms with van der Waals surface area (Å²) >= 11 is 0. The number of anilines is 1. The van der Waals surface area contributed by atoms with Crippen LogP contribution < -0.4 is 9.64 Å². The minimum absolute atomic E-state index is 0.284. The highest BCUT2D eigenvalue weighted by Gasteiger charge is 2.30. The molecule has 0 N–H and O–H groups in total. The second-order valence-electron chi connectivity index (χ2n) is 8.62. The van der Waals surface area contributed by atoms with E-state index in [-0.39, 0.29) is 5.91 Å². The van der Waals surface area contributed by atoms with Gasteiger partial charge >= 0.3 is 0 Å². The van der Waals surface area contributed by atoms with Gasteiger partial charge in [0.15, 0.2) is 0 Å². The van der Waals surface area contributed by atoms with Gasteiger partial charge in [-0.05, 0) is 43.4 Å². The first kappa shape index (κ1) is 18.6. The number of aromatic nitrogens is 2. The van der Waals surface area contributed by atoms with E-state index in [1.165, 1.54) is 18.5 Å². The molecule has 2 saturated heterocycles. The first-order chi connectivity index (χ1) is 14.2. The molecule has 1 aliphatic carbocycles. The number of hydrogen-bond donors (Lipinski definition) is 0. The summed E-state index contributed by atoms with van der Waals surface area (Å²) in [7, 11) is 1.94. The lowest BCUT2D eigenvalue weighted by atomic mass is 10.1. The first-order valence-electron chi connectivity index (χ1n) is 10.8. The van der Waals surface area contributed by atoms with Crippen molar-refractivity contribution in [3.05, 3.63) is 24.5 Å². The lowest BCUT2D eigenvalue weighted by Gasteiger charge is -2.38. The smallest absolute Gasteiger partial charge is 0.224 e. The predicted molar refractivity (Wildman–Crippen MR) is 112 cm³/mol. The zero-order valence-corrected chi connectivity index (χ0v) is 17.1. The van der Waals surface area contributed by atoms with Gasteiger partial charge in [-0.25, -0.2) is 9.97 Å². The van der Waals surface area contributed by atoms with Crippen LogP contribution in [0.1, 0.15) is 25.7 Å². The van der Waals surface area contributed by atoms with Crippen molar-refractivity contribution in [1.29, 1.82) is 0 Å². The molecule has 1 saturated carbocycles. The number of benzene rings is 1. The number of likely N-dealkylation sites (N-methyl/N-ethyl adjacent to an activating group) is 1. The standard InChI is InChI=1S/C22H29N5O2/c1-25-18(5-7-21(25)28)13-26-8-10-27(11-9-26)17-4-6-20-19(12-17)22(24-15-23-20)29-14-16-2-3-16/h4,6,12,15-16,18H,2-3,5,7-11,13-14H2,1H3. The number of amides is 1. The summed E-state index contributed by atoms with van der Waals surface area (Å²) < 4.78 is 5.99. The molecule has 7 nitrogen and oxygen atoms in total. The van der Waals surface area contributed by atoms with Crippen LogP contribution in [0, 0.1) is 5.92 Å². The average Bonchev–Trinajstić information content (AvgIpc) is 3.54. The number of ether oxygens (including phenoxy) is 1. The van der Waals surface area contributed by atoms with E-state index >= 15 is 0 Å². The number of nitrogens with zero attached hydrogens (tertiary/aromatic N) is 5. The number of piperazine rings is 1. The van der Waals surface area contributed by atoms with Gasteiger partial charge in [-0.2, -0.15) is 0 Å². The topological polar surface area (TPSA) is 61.8 Å². The van der Waals surface area contributed by atoms with Crippen molar-refractivity contribution in [2.75, 3.05) is 51.3 Å². The Labute approximate surface area is 171 Å². The third kappa shape index (κ3) is 4.01. The lowest BCUT2D eigenvalue weighted by Crippen LogP contribution is -2.50. The first-order valence-corrected chi connectivity index (χ1v) is 10.8. The zero-order chi connectivity index (χ0) is 19.8. The molecular weight excluding hydrogens is 366 g/mol. The predicted octanol–water partition coefficient (Wildman–Crippen LogP) is 2.16. The van der Waals surface area contributed by atoms with Crippen molar-refractivity contribution < 1.29 is 9.53 Å². The van der Waals surface area contributed by atoms with Crippen LogP contribution in [0.25, 0.3) is 10.9 Å². The Morgan fingerprint density at radius 1 is 1.10 bits per heavy atom. The second kappa shape index (κ2) is 7.78. The van der Waals surface area contributed by atoms with Crippen LogP contribution in [-0.4, -0.2) is 78.1 Å². The molecule has 29 heavy (non-hydrogen) atoms. The highest BCUT2D eigenvalue weighted by molar-refractivity contribution is 5.86. The van der Waals surface area contributed by atoms with Gasteiger partial charge in [0, 0.05) is 57.9 Å². The van der Waals surface area contributed by atoms with E-state index in [1.54, 1.807) is 6.33 Å². The molecule has 3 fully saturated rings. The van der Waals surface area contributed by atoms with Crippen LogP contribution in [0.3, 0.4) is 0 Å². The Morgan fingerprint density at radius 3 is 2.66 bits per heavy atom. The number of rotatable bonds is 6. The van der Waals surface area contributed by atoms with E-state index in [2.05, 4.69) is 38.0 Å². The van der Waals surface area contributed by atoms with Gasteiger partial charge in [-0.15, -0.1) is 0 Å². The van der Waals surface area contributed by atoms with Crippen molar-refractivity contribution in [1.82, 2.24) is 19.8 Å². The molecule has 2 aliphatic heterocycles. The SMILES string of the molecule is CN1C(=O)CCC1CN1CCN(c2ccc3ncnc(OCC4CC4)c3c2)CC1. The van der Waals surface area contributed by atoms with Gasteiger partial charge in [0.2, 0.25) is 11.8 Å². The molecule has 0 spiro atoms. The normalized spacial score (nSPS) is 23.2. The molecule has 1 aromatic carbocycles. The quantitative estimate of drug-likeness (QED) is 0.747. The zero-order valence-electron chi connectivity index (χ0n) is 17.1. The molecule has 0 radical (unpaired) electrons. The minimum atomic E-state index is 0.284. The third-order valence-electron chi connectivity index (χ3n) is 6.57. The van der Waals surface area contributed by atoms with Crippen molar-refractivity contribution in [2.24, 2.45) is 5.92 Å². The number of fused-ring (bicyclic) bond motifs is 1. The summed E-state index contributed by atoms with van der Waals surface area (Å²) in [6, 6.07) is 6.77. The molecule has 154 valence electrons. The number of likely N-dealkylation sites (tertiary alicyclic amines) is 1. The summed E-state index contributed by atoms with van der Waals surface area (Å²) in [6.07, 6.45) is 5.82. The minimum Gasteiger partial charge on any atom is -0.477 e. The monoisotopic (exact) mass is 395 g/mol.